The molecule has 0 bridgehead atoms. The Morgan fingerprint density at radius 3 is 1.07 bits per heavy atom. The van der Waals surface area contributed by atoms with Crippen LogP contribution in [0, 0.1) is 0 Å². The second kappa shape index (κ2) is 58.4. The first kappa shape index (κ1) is 66.8. The molecule has 0 aliphatic carbocycles. The Hall–Kier alpha value is -4.19. The van der Waals surface area contributed by atoms with Gasteiger partial charge in [0.15, 0.2) is 6.10 Å². The number of unbranched alkanes of at least 4 members (excludes halogenated alkanes) is 25. The maximum Gasteiger partial charge on any atom is 0.306 e. The molecule has 1 unspecified atom stereocenters. The highest BCUT2D eigenvalue weighted by atomic mass is 16.6. The second-order valence-corrected chi connectivity index (χ2v) is 19.0. The Bertz CT molecular complexity index is 1500. The molecule has 0 saturated carbocycles. The predicted molar refractivity (Wildman–Crippen MR) is 306 cm³/mol. The van der Waals surface area contributed by atoms with Crippen LogP contribution in [0.4, 0.5) is 0 Å². The van der Waals surface area contributed by atoms with E-state index in [4.69, 9.17) is 14.2 Å². The Morgan fingerprint density at radius 2 is 0.634 bits per heavy atom. The average Bonchev–Trinajstić information content (AvgIpc) is 3.37. The molecule has 0 fully saturated rings. The van der Waals surface area contributed by atoms with Crippen LogP contribution >= 0.6 is 0 Å². The fourth-order valence-corrected chi connectivity index (χ4v) is 7.71. The predicted octanol–water partition coefficient (Wildman–Crippen LogP) is 19.6. The average molecular weight is 984 g/mol. The molecule has 0 aromatic heterocycles. The molecule has 0 aliphatic heterocycles. The summed E-state index contributed by atoms with van der Waals surface area (Å²) in [6.45, 7) is 6.39. The summed E-state index contributed by atoms with van der Waals surface area (Å²) in [4.78, 5) is 38.2. The first-order valence-electron chi connectivity index (χ1n) is 29.1. The van der Waals surface area contributed by atoms with Crippen LogP contribution in [0.25, 0.3) is 0 Å². The second-order valence-electron chi connectivity index (χ2n) is 19.0. The normalized spacial score (nSPS) is 13.0. The molecular formula is C65H106O6. The summed E-state index contributed by atoms with van der Waals surface area (Å²) in [5, 5.41) is 0. The smallest absolute Gasteiger partial charge is 0.306 e. The molecule has 6 nitrogen and oxygen atoms in total. The molecule has 0 aromatic rings. The van der Waals surface area contributed by atoms with Crippen LogP contribution in [0.3, 0.4) is 0 Å². The van der Waals surface area contributed by atoms with Crippen molar-refractivity contribution >= 4 is 17.9 Å². The standard InChI is InChI=1S/C65H106O6/c1-4-7-10-13-16-19-22-25-28-31-33-35-37-40-43-46-49-52-55-58-64(67)70-61-62(60-69-63(66)57-54-51-48-45-42-39-36-30-27-24-21-18-15-12-9-6-3)71-65(68)59-56-53-50-47-44-41-38-34-32-29-26-23-20-17-14-11-8-5-2/h7,10-11,14,16-17,19-20,23,25-26,28-30,32,34,36,38-39,42,62H,4-6,8-9,12-13,15,18,21-22,24,27,31,33,35,37,40-41,43-61H2,1-3H3/b10-7-,14-11-,19-16-,20-17-,26-23-,28-25-,32-29-,36-30-,38-34-,42-39-. The van der Waals surface area contributed by atoms with E-state index in [0.29, 0.717) is 12.8 Å². The van der Waals surface area contributed by atoms with Gasteiger partial charge in [0.2, 0.25) is 0 Å². The fourth-order valence-electron chi connectivity index (χ4n) is 7.71. The molecule has 0 rings (SSSR count). The molecule has 0 spiro atoms. The highest BCUT2D eigenvalue weighted by Crippen LogP contribution is 2.14. The van der Waals surface area contributed by atoms with Crippen molar-refractivity contribution in [1.29, 1.82) is 0 Å². The summed E-state index contributed by atoms with van der Waals surface area (Å²) in [5.74, 6) is -0.961. The van der Waals surface area contributed by atoms with Gasteiger partial charge in [-0.25, -0.2) is 0 Å². The van der Waals surface area contributed by atoms with Gasteiger partial charge in [-0.2, -0.15) is 0 Å². The molecule has 6 heteroatoms. The molecule has 1 atom stereocenters. The minimum absolute atomic E-state index is 0.103. The van der Waals surface area contributed by atoms with Crippen LogP contribution in [-0.4, -0.2) is 37.2 Å². The third-order valence-corrected chi connectivity index (χ3v) is 12.1. The van der Waals surface area contributed by atoms with E-state index in [9.17, 15) is 14.4 Å². The lowest BCUT2D eigenvalue weighted by Crippen LogP contribution is -2.30. The van der Waals surface area contributed by atoms with Gasteiger partial charge in [0.05, 0.1) is 0 Å². The lowest BCUT2D eigenvalue weighted by atomic mass is 10.1. The maximum absolute atomic E-state index is 12.9. The molecule has 0 heterocycles. The Balaban J connectivity index is 4.50. The van der Waals surface area contributed by atoms with E-state index in [2.05, 4.69) is 118 Å². The number of ether oxygens (including phenoxy) is 3. The van der Waals surface area contributed by atoms with Crippen molar-refractivity contribution in [3.63, 3.8) is 0 Å². The molecule has 0 N–H and O–H groups in total. The number of esters is 3. The van der Waals surface area contributed by atoms with E-state index in [-0.39, 0.29) is 37.5 Å². The first-order chi connectivity index (χ1) is 35.0. The summed E-state index contributed by atoms with van der Waals surface area (Å²) in [6.07, 6.45) is 80.4. The van der Waals surface area contributed by atoms with E-state index < -0.39 is 6.10 Å². The lowest BCUT2D eigenvalue weighted by molar-refractivity contribution is -0.167. The van der Waals surface area contributed by atoms with Gasteiger partial charge in [0, 0.05) is 19.3 Å². The van der Waals surface area contributed by atoms with Crippen LogP contribution < -0.4 is 0 Å². The van der Waals surface area contributed by atoms with E-state index >= 15 is 0 Å². The molecular weight excluding hydrogens is 877 g/mol. The SMILES string of the molecule is CC/C=C\C/C=C\C/C=C\CCCCCCCCCCCC(=O)OCC(COC(=O)CCCCC/C=C\C=C/CCCCCCCCC)OC(=O)CCCCCCC\C=C/C=C\C=C/C=C\C=C/CCC. The summed E-state index contributed by atoms with van der Waals surface area (Å²) in [5.41, 5.74) is 0. The zero-order valence-corrected chi connectivity index (χ0v) is 45.9. The molecule has 0 aliphatic rings. The number of carbonyl (C=O) groups is 3. The molecule has 71 heavy (non-hydrogen) atoms. The van der Waals surface area contributed by atoms with Gasteiger partial charge in [-0.05, 0) is 96.3 Å². The Morgan fingerprint density at radius 1 is 0.310 bits per heavy atom. The summed E-state index contributed by atoms with van der Waals surface area (Å²) >= 11 is 0. The van der Waals surface area contributed by atoms with Crippen LogP contribution in [0.15, 0.2) is 122 Å². The van der Waals surface area contributed by atoms with Gasteiger partial charge < -0.3 is 14.2 Å². The first-order valence-corrected chi connectivity index (χ1v) is 29.1. The van der Waals surface area contributed by atoms with Crippen LogP contribution in [0.1, 0.15) is 252 Å². The van der Waals surface area contributed by atoms with Crippen molar-refractivity contribution in [2.24, 2.45) is 0 Å². The van der Waals surface area contributed by atoms with Crippen LogP contribution in [0.5, 0.6) is 0 Å². The maximum atomic E-state index is 12.9. The molecule has 0 aromatic carbocycles. The van der Waals surface area contributed by atoms with Gasteiger partial charge >= 0.3 is 17.9 Å². The zero-order valence-electron chi connectivity index (χ0n) is 45.9. The Kier molecular flexibility index (Phi) is 54.9. The van der Waals surface area contributed by atoms with Crippen molar-refractivity contribution in [3.05, 3.63) is 122 Å². The highest BCUT2D eigenvalue weighted by molar-refractivity contribution is 5.71. The molecule has 0 amide bonds. The lowest BCUT2D eigenvalue weighted by Gasteiger charge is -2.18. The summed E-state index contributed by atoms with van der Waals surface area (Å²) < 4.78 is 16.8. The minimum atomic E-state index is -0.809. The van der Waals surface area contributed by atoms with Gasteiger partial charge in [-0.15, -0.1) is 0 Å². The van der Waals surface area contributed by atoms with E-state index in [1.807, 2.05) is 24.3 Å². The van der Waals surface area contributed by atoms with Crippen molar-refractivity contribution in [1.82, 2.24) is 0 Å². The summed E-state index contributed by atoms with van der Waals surface area (Å²) in [6, 6.07) is 0. The third-order valence-electron chi connectivity index (χ3n) is 12.1. The van der Waals surface area contributed by atoms with Crippen LogP contribution in [0.2, 0.25) is 0 Å². The highest BCUT2D eigenvalue weighted by Gasteiger charge is 2.19. The fraction of sp³-hybridized carbons (Fsp3) is 0.646. The number of rotatable bonds is 51. The van der Waals surface area contributed by atoms with Crippen molar-refractivity contribution in [2.75, 3.05) is 13.2 Å². The van der Waals surface area contributed by atoms with Crippen LogP contribution in [-0.2, 0) is 28.6 Å². The number of hydrogen-bond donors (Lipinski definition) is 0. The van der Waals surface area contributed by atoms with E-state index in [1.165, 1.54) is 89.9 Å². The Labute approximate surface area is 437 Å². The monoisotopic (exact) mass is 983 g/mol. The molecule has 402 valence electrons. The quantitative estimate of drug-likeness (QED) is 0.0199. The zero-order chi connectivity index (χ0) is 51.4. The number of carbonyl (C=O) groups excluding carboxylic acids is 3. The topological polar surface area (TPSA) is 78.9 Å². The largest absolute Gasteiger partial charge is 0.462 e. The number of hydrogen-bond acceptors (Lipinski definition) is 6. The minimum Gasteiger partial charge on any atom is -0.462 e. The van der Waals surface area contributed by atoms with E-state index in [0.717, 1.165) is 122 Å². The van der Waals surface area contributed by atoms with Gasteiger partial charge in [-0.3, -0.25) is 14.4 Å². The molecule has 0 radical (unpaired) electrons. The third kappa shape index (κ3) is 56.6. The van der Waals surface area contributed by atoms with Gasteiger partial charge in [-0.1, -0.05) is 258 Å². The summed E-state index contributed by atoms with van der Waals surface area (Å²) in [7, 11) is 0. The van der Waals surface area contributed by atoms with Crippen molar-refractivity contribution in [3.8, 4) is 0 Å². The van der Waals surface area contributed by atoms with Gasteiger partial charge in [0.1, 0.15) is 13.2 Å². The number of allylic oxidation sites excluding steroid dienone is 20. The van der Waals surface area contributed by atoms with Crippen molar-refractivity contribution < 1.29 is 28.6 Å². The molecule has 0 saturated heterocycles. The van der Waals surface area contributed by atoms with Gasteiger partial charge in [0.25, 0.3) is 0 Å². The van der Waals surface area contributed by atoms with Crippen molar-refractivity contribution in [2.45, 2.75) is 258 Å². The van der Waals surface area contributed by atoms with E-state index in [1.54, 1.807) is 0 Å².